The van der Waals surface area contributed by atoms with Gasteiger partial charge in [0.15, 0.2) is 6.61 Å². The summed E-state index contributed by atoms with van der Waals surface area (Å²) in [7, 11) is 1.33. The SMILES string of the molecule is COC(=O)c1ccc(OCC(=O)N[C@@H](c2ccccc2)c2cccs2)cc1. The van der Waals surface area contributed by atoms with Crippen LogP contribution in [0.2, 0.25) is 0 Å². The van der Waals surface area contributed by atoms with Gasteiger partial charge in [0.1, 0.15) is 5.75 Å². The lowest BCUT2D eigenvalue weighted by molar-refractivity contribution is -0.123. The highest BCUT2D eigenvalue weighted by Crippen LogP contribution is 2.25. The number of methoxy groups -OCH3 is 1. The van der Waals surface area contributed by atoms with Crippen LogP contribution in [0.25, 0.3) is 0 Å². The van der Waals surface area contributed by atoms with E-state index in [0.717, 1.165) is 10.4 Å². The first-order valence-corrected chi connectivity index (χ1v) is 9.24. The molecule has 1 aromatic heterocycles. The Bertz CT molecular complexity index is 876. The lowest BCUT2D eigenvalue weighted by atomic mass is 10.1. The van der Waals surface area contributed by atoms with Gasteiger partial charge in [-0.25, -0.2) is 4.79 Å². The normalized spacial score (nSPS) is 11.4. The Hall–Kier alpha value is -3.12. The molecule has 0 fully saturated rings. The first-order chi connectivity index (χ1) is 13.2. The molecule has 0 aliphatic rings. The molecule has 0 bridgehead atoms. The molecule has 0 radical (unpaired) electrons. The fourth-order valence-electron chi connectivity index (χ4n) is 2.58. The fourth-order valence-corrected chi connectivity index (χ4v) is 3.38. The number of benzene rings is 2. The lowest BCUT2D eigenvalue weighted by Crippen LogP contribution is -2.32. The van der Waals surface area contributed by atoms with Gasteiger partial charge in [-0.3, -0.25) is 4.79 Å². The van der Waals surface area contributed by atoms with Crippen molar-refractivity contribution in [2.45, 2.75) is 6.04 Å². The average molecular weight is 381 g/mol. The van der Waals surface area contributed by atoms with Crippen LogP contribution in [-0.2, 0) is 9.53 Å². The summed E-state index contributed by atoms with van der Waals surface area (Å²) in [5.74, 6) is -0.138. The fraction of sp³-hybridized carbons (Fsp3) is 0.143. The van der Waals surface area contributed by atoms with E-state index >= 15 is 0 Å². The highest BCUT2D eigenvalue weighted by molar-refractivity contribution is 7.10. The summed E-state index contributed by atoms with van der Waals surface area (Å²) in [6.07, 6.45) is 0. The van der Waals surface area contributed by atoms with E-state index in [9.17, 15) is 9.59 Å². The van der Waals surface area contributed by atoms with Gasteiger partial charge in [0.25, 0.3) is 5.91 Å². The van der Waals surface area contributed by atoms with Crippen molar-refractivity contribution < 1.29 is 19.1 Å². The van der Waals surface area contributed by atoms with Gasteiger partial charge in [-0.15, -0.1) is 11.3 Å². The minimum absolute atomic E-state index is 0.119. The molecule has 6 heteroatoms. The summed E-state index contributed by atoms with van der Waals surface area (Å²) in [6, 6.07) is 20.0. The van der Waals surface area contributed by atoms with E-state index in [-0.39, 0.29) is 18.6 Å². The van der Waals surface area contributed by atoms with Crippen molar-refractivity contribution in [3.63, 3.8) is 0 Å². The van der Waals surface area contributed by atoms with Gasteiger partial charge in [-0.1, -0.05) is 36.4 Å². The Morgan fingerprint density at radius 1 is 1.00 bits per heavy atom. The number of rotatable bonds is 7. The summed E-state index contributed by atoms with van der Waals surface area (Å²) in [5, 5.41) is 5.00. The van der Waals surface area contributed by atoms with E-state index in [0.29, 0.717) is 11.3 Å². The molecule has 1 heterocycles. The van der Waals surface area contributed by atoms with Crippen LogP contribution in [0, 0.1) is 0 Å². The molecule has 27 heavy (non-hydrogen) atoms. The number of nitrogens with one attached hydrogen (secondary N) is 1. The quantitative estimate of drug-likeness (QED) is 0.632. The number of esters is 1. The second-order valence-electron chi connectivity index (χ2n) is 5.73. The van der Waals surface area contributed by atoms with Crippen molar-refractivity contribution in [3.8, 4) is 5.75 Å². The number of hydrogen-bond donors (Lipinski definition) is 1. The minimum Gasteiger partial charge on any atom is -0.484 e. The molecule has 0 aliphatic heterocycles. The molecule has 3 rings (SSSR count). The third-order valence-corrected chi connectivity index (χ3v) is 4.85. The maximum Gasteiger partial charge on any atom is 0.337 e. The van der Waals surface area contributed by atoms with Gasteiger partial charge in [0.2, 0.25) is 0 Å². The molecule has 1 N–H and O–H groups in total. The molecule has 138 valence electrons. The number of thiophene rings is 1. The summed E-state index contributed by atoms with van der Waals surface area (Å²) in [4.78, 5) is 24.9. The van der Waals surface area contributed by atoms with Crippen LogP contribution in [0.15, 0.2) is 72.1 Å². The Morgan fingerprint density at radius 2 is 1.74 bits per heavy atom. The number of hydrogen-bond acceptors (Lipinski definition) is 5. The number of carbonyl (C=O) groups is 2. The number of carbonyl (C=O) groups excluding carboxylic acids is 2. The summed E-state index contributed by atoms with van der Waals surface area (Å²) in [6.45, 7) is -0.119. The zero-order chi connectivity index (χ0) is 19.1. The monoisotopic (exact) mass is 381 g/mol. The van der Waals surface area contributed by atoms with Gasteiger partial charge in [-0.2, -0.15) is 0 Å². The predicted molar refractivity (Wildman–Crippen MR) is 104 cm³/mol. The van der Waals surface area contributed by atoms with Gasteiger partial charge in [-0.05, 0) is 41.3 Å². The van der Waals surface area contributed by atoms with Gasteiger partial charge in [0, 0.05) is 4.88 Å². The molecule has 1 atom stereocenters. The van der Waals surface area contributed by atoms with Crippen LogP contribution in [0.3, 0.4) is 0 Å². The third-order valence-electron chi connectivity index (χ3n) is 3.91. The van der Waals surface area contributed by atoms with Crippen LogP contribution in [0.1, 0.15) is 26.8 Å². The molecule has 2 aromatic carbocycles. The van der Waals surface area contributed by atoms with E-state index in [4.69, 9.17) is 4.74 Å². The molecular formula is C21H19NO4S. The maximum absolute atomic E-state index is 12.4. The first-order valence-electron chi connectivity index (χ1n) is 8.36. The Kier molecular flexibility index (Phi) is 6.22. The van der Waals surface area contributed by atoms with E-state index in [1.807, 2.05) is 47.8 Å². The number of ether oxygens (including phenoxy) is 2. The molecule has 3 aromatic rings. The molecular weight excluding hydrogens is 362 g/mol. The van der Waals surface area contributed by atoms with Crippen molar-refractivity contribution in [3.05, 3.63) is 88.1 Å². The van der Waals surface area contributed by atoms with E-state index in [2.05, 4.69) is 10.1 Å². The maximum atomic E-state index is 12.4. The highest BCUT2D eigenvalue weighted by atomic mass is 32.1. The van der Waals surface area contributed by atoms with Crippen LogP contribution < -0.4 is 10.1 Å². The lowest BCUT2D eigenvalue weighted by Gasteiger charge is -2.18. The average Bonchev–Trinajstić information content (AvgIpc) is 3.25. The van der Waals surface area contributed by atoms with Crippen LogP contribution >= 0.6 is 11.3 Å². The Morgan fingerprint density at radius 3 is 2.37 bits per heavy atom. The highest BCUT2D eigenvalue weighted by Gasteiger charge is 2.18. The van der Waals surface area contributed by atoms with Crippen molar-refractivity contribution >= 4 is 23.2 Å². The topological polar surface area (TPSA) is 64.6 Å². The molecule has 0 spiro atoms. The second-order valence-corrected chi connectivity index (χ2v) is 6.71. The van der Waals surface area contributed by atoms with Gasteiger partial charge in [0.05, 0.1) is 18.7 Å². The van der Waals surface area contributed by atoms with Gasteiger partial charge < -0.3 is 14.8 Å². The minimum atomic E-state index is -0.416. The molecule has 5 nitrogen and oxygen atoms in total. The van der Waals surface area contributed by atoms with E-state index in [1.54, 1.807) is 35.6 Å². The summed E-state index contributed by atoms with van der Waals surface area (Å²) in [5.41, 5.74) is 1.44. The molecule has 0 aliphatic carbocycles. The summed E-state index contributed by atoms with van der Waals surface area (Å²) >= 11 is 1.59. The smallest absolute Gasteiger partial charge is 0.337 e. The Labute approximate surface area is 161 Å². The second kappa shape index (κ2) is 9.00. The zero-order valence-corrected chi connectivity index (χ0v) is 15.6. The standard InChI is InChI=1S/C21H19NO4S/c1-25-21(24)16-9-11-17(12-10-16)26-14-19(23)22-20(18-8-5-13-27-18)15-6-3-2-4-7-15/h2-13,20H,14H2,1H3,(H,22,23)/t20-/m0/s1. The Balaban J connectivity index is 1.62. The van der Waals surface area contributed by atoms with E-state index < -0.39 is 5.97 Å². The van der Waals surface area contributed by atoms with Crippen molar-refractivity contribution in [2.24, 2.45) is 0 Å². The third kappa shape index (κ3) is 4.95. The zero-order valence-electron chi connectivity index (χ0n) is 14.8. The molecule has 0 saturated carbocycles. The van der Waals surface area contributed by atoms with Crippen LogP contribution in [0.4, 0.5) is 0 Å². The largest absolute Gasteiger partial charge is 0.484 e. The molecule has 0 saturated heterocycles. The predicted octanol–water partition coefficient (Wildman–Crippen LogP) is 3.82. The number of amides is 1. The van der Waals surface area contributed by atoms with Gasteiger partial charge >= 0.3 is 5.97 Å². The molecule has 0 unspecified atom stereocenters. The van der Waals surface area contributed by atoms with Crippen LogP contribution in [0.5, 0.6) is 5.75 Å². The van der Waals surface area contributed by atoms with Crippen molar-refractivity contribution in [1.29, 1.82) is 0 Å². The molecule has 1 amide bonds. The van der Waals surface area contributed by atoms with Crippen molar-refractivity contribution in [2.75, 3.05) is 13.7 Å². The van der Waals surface area contributed by atoms with Crippen molar-refractivity contribution in [1.82, 2.24) is 5.32 Å². The summed E-state index contributed by atoms with van der Waals surface area (Å²) < 4.78 is 10.2. The van der Waals surface area contributed by atoms with E-state index in [1.165, 1.54) is 7.11 Å². The van der Waals surface area contributed by atoms with Crippen LogP contribution in [-0.4, -0.2) is 25.6 Å². The first kappa shape index (κ1) is 18.7.